The summed E-state index contributed by atoms with van der Waals surface area (Å²) in [5.41, 5.74) is 0.947. The normalized spacial score (nSPS) is 20.2. The Bertz CT molecular complexity index is 615. The molecule has 0 saturated carbocycles. The Morgan fingerprint density at radius 3 is 2.90 bits per heavy atom. The first-order valence-corrected chi connectivity index (χ1v) is 8.42. The highest BCUT2D eigenvalue weighted by Gasteiger charge is 2.27. The summed E-state index contributed by atoms with van der Waals surface area (Å²) in [6.07, 6.45) is 0. The maximum Gasteiger partial charge on any atom is 0.337 e. The molecule has 1 saturated heterocycles. The lowest BCUT2D eigenvalue weighted by Crippen LogP contribution is -2.51. The molecule has 1 heterocycles. The van der Waals surface area contributed by atoms with Crippen LogP contribution >= 0.6 is 0 Å². The van der Waals surface area contributed by atoms with Crippen molar-refractivity contribution in [1.82, 2.24) is 9.62 Å². The molecular weight excluding hydrogens is 292 g/mol. The first kappa shape index (κ1) is 15.9. The molecule has 0 radical (unpaired) electrons. The molecule has 1 aliphatic heterocycles. The van der Waals surface area contributed by atoms with Crippen molar-refractivity contribution in [3.63, 3.8) is 0 Å². The van der Waals surface area contributed by atoms with Gasteiger partial charge < -0.3 is 10.1 Å². The van der Waals surface area contributed by atoms with Crippen LogP contribution in [0.25, 0.3) is 0 Å². The molecule has 1 aromatic carbocycles. The summed E-state index contributed by atoms with van der Waals surface area (Å²) in [6.45, 7) is 3.56. The molecule has 0 unspecified atom stereocenters. The van der Waals surface area contributed by atoms with Crippen molar-refractivity contribution in [2.24, 2.45) is 0 Å². The van der Waals surface area contributed by atoms with Crippen LogP contribution in [-0.2, 0) is 20.5 Å². The highest BCUT2D eigenvalue weighted by molar-refractivity contribution is 7.88. The zero-order valence-corrected chi connectivity index (χ0v) is 13.0. The third-order valence-electron chi connectivity index (χ3n) is 3.42. The zero-order valence-electron chi connectivity index (χ0n) is 12.2. The monoisotopic (exact) mass is 312 g/mol. The van der Waals surface area contributed by atoms with Gasteiger partial charge in [-0.1, -0.05) is 12.1 Å². The van der Waals surface area contributed by atoms with Crippen LogP contribution in [0.1, 0.15) is 22.8 Å². The summed E-state index contributed by atoms with van der Waals surface area (Å²) in [4.78, 5) is 11.5. The van der Waals surface area contributed by atoms with Gasteiger partial charge in [0.25, 0.3) is 0 Å². The third kappa shape index (κ3) is 4.03. The number of hydrogen-bond acceptors (Lipinski definition) is 5. The molecule has 1 aromatic rings. The van der Waals surface area contributed by atoms with Crippen LogP contribution in [0.5, 0.6) is 0 Å². The predicted molar refractivity (Wildman–Crippen MR) is 79.4 cm³/mol. The van der Waals surface area contributed by atoms with E-state index in [0.717, 1.165) is 0 Å². The second kappa shape index (κ2) is 6.55. The largest absolute Gasteiger partial charge is 0.465 e. The topological polar surface area (TPSA) is 75.7 Å². The Balaban J connectivity index is 2.14. The fourth-order valence-corrected chi connectivity index (χ4v) is 3.96. The van der Waals surface area contributed by atoms with Gasteiger partial charge in [0.15, 0.2) is 0 Å². The highest BCUT2D eigenvalue weighted by Crippen LogP contribution is 2.15. The molecule has 1 atom stereocenters. The van der Waals surface area contributed by atoms with Gasteiger partial charge in [-0.2, -0.15) is 4.31 Å². The molecule has 7 heteroatoms. The number of hydrogen-bond donors (Lipinski definition) is 1. The van der Waals surface area contributed by atoms with Crippen molar-refractivity contribution >= 4 is 16.0 Å². The van der Waals surface area contributed by atoms with Crippen LogP contribution in [-0.4, -0.2) is 51.5 Å². The van der Waals surface area contributed by atoms with Crippen molar-refractivity contribution in [2.75, 3.05) is 26.7 Å². The summed E-state index contributed by atoms with van der Waals surface area (Å²) in [7, 11) is -2.08. The van der Waals surface area contributed by atoms with Crippen molar-refractivity contribution in [1.29, 1.82) is 0 Å². The Kier molecular flexibility index (Phi) is 4.97. The van der Waals surface area contributed by atoms with Crippen LogP contribution in [0, 0.1) is 0 Å². The molecule has 0 aromatic heterocycles. The Morgan fingerprint density at radius 1 is 1.48 bits per heavy atom. The van der Waals surface area contributed by atoms with E-state index < -0.39 is 16.0 Å². The standard InChI is InChI=1S/C14H20N2O4S/c1-11-9-16(7-6-15-11)21(18,19)10-12-4-3-5-13(8-12)14(17)20-2/h3-5,8,11,15H,6-7,9-10H2,1-2H3/t11-/m0/s1. The number of carbonyl (C=O) groups excluding carboxylic acids is 1. The van der Waals surface area contributed by atoms with Gasteiger partial charge in [0.1, 0.15) is 0 Å². The number of methoxy groups -OCH3 is 1. The van der Waals surface area contributed by atoms with E-state index in [1.807, 2.05) is 6.92 Å². The van der Waals surface area contributed by atoms with E-state index >= 15 is 0 Å². The molecule has 1 aliphatic rings. The first-order chi connectivity index (χ1) is 9.92. The van der Waals surface area contributed by atoms with Crippen LogP contribution in [0.3, 0.4) is 0 Å². The number of piperazine rings is 1. The van der Waals surface area contributed by atoms with Crippen LogP contribution in [0.15, 0.2) is 24.3 Å². The van der Waals surface area contributed by atoms with Crippen molar-refractivity contribution in [3.05, 3.63) is 35.4 Å². The maximum atomic E-state index is 12.4. The Morgan fingerprint density at radius 2 is 2.24 bits per heavy atom. The van der Waals surface area contributed by atoms with E-state index in [-0.39, 0.29) is 11.8 Å². The Labute approximate surface area is 125 Å². The second-order valence-corrected chi connectivity index (χ2v) is 7.13. The van der Waals surface area contributed by atoms with Crippen LogP contribution in [0.4, 0.5) is 0 Å². The average molecular weight is 312 g/mol. The average Bonchev–Trinajstić information content (AvgIpc) is 2.46. The molecule has 0 bridgehead atoms. The number of nitrogens with one attached hydrogen (secondary N) is 1. The molecular formula is C14H20N2O4S. The SMILES string of the molecule is COC(=O)c1cccc(CS(=O)(=O)N2CCN[C@@H](C)C2)c1. The highest BCUT2D eigenvalue weighted by atomic mass is 32.2. The van der Waals surface area contributed by atoms with E-state index in [1.54, 1.807) is 24.3 Å². The number of benzene rings is 1. The second-order valence-electron chi connectivity index (χ2n) is 5.16. The quantitative estimate of drug-likeness (QED) is 0.824. The van der Waals surface area contributed by atoms with E-state index in [0.29, 0.717) is 30.8 Å². The predicted octanol–water partition coefficient (Wildman–Crippen LogP) is 0.597. The van der Waals surface area contributed by atoms with Crippen molar-refractivity contribution < 1.29 is 17.9 Å². The lowest BCUT2D eigenvalue weighted by molar-refractivity contribution is 0.0600. The van der Waals surface area contributed by atoms with Crippen molar-refractivity contribution in [3.8, 4) is 0 Å². The molecule has 116 valence electrons. The number of sulfonamides is 1. The van der Waals surface area contributed by atoms with Gasteiger partial charge in [0.2, 0.25) is 10.0 Å². The van der Waals surface area contributed by atoms with E-state index in [4.69, 9.17) is 0 Å². The van der Waals surface area contributed by atoms with Gasteiger partial charge in [-0.05, 0) is 24.6 Å². The fourth-order valence-electron chi connectivity index (χ4n) is 2.36. The van der Waals surface area contributed by atoms with Gasteiger partial charge in [-0.3, -0.25) is 0 Å². The van der Waals surface area contributed by atoms with Gasteiger partial charge in [0, 0.05) is 25.7 Å². The molecule has 2 rings (SSSR count). The molecule has 1 fully saturated rings. The van der Waals surface area contributed by atoms with Gasteiger partial charge >= 0.3 is 5.97 Å². The first-order valence-electron chi connectivity index (χ1n) is 6.81. The van der Waals surface area contributed by atoms with Gasteiger partial charge in [-0.25, -0.2) is 13.2 Å². The number of carbonyl (C=O) groups is 1. The fraction of sp³-hybridized carbons (Fsp3) is 0.500. The molecule has 6 nitrogen and oxygen atoms in total. The lowest BCUT2D eigenvalue weighted by Gasteiger charge is -2.31. The van der Waals surface area contributed by atoms with E-state index in [9.17, 15) is 13.2 Å². The number of nitrogens with zero attached hydrogens (tertiary/aromatic N) is 1. The van der Waals surface area contributed by atoms with Gasteiger partial charge in [0.05, 0.1) is 18.4 Å². The number of rotatable bonds is 4. The summed E-state index contributed by atoms with van der Waals surface area (Å²) < 4.78 is 31.0. The van der Waals surface area contributed by atoms with E-state index in [2.05, 4.69) is 10.1 Å². The summed E-state index contributed by atoms with van der Waals surface area (Å²) in [5, 5.41) is 3.21. The maximum absolute atomic E-state index is 12.4. The minimum Gasteiger partial charge on any atom is -0.465 e. The lowest BCUT2D eigenvalue weighted by atomic mass is 10.1. The molecule has 0 amide bonds. The number of ether oxygens (including phenoxy) is 1. The Hall–Kier alpha value is -1.44. The van der Waals surface area contributed by atoms with Crippen molar-refractivity contribution in [2.45, 2.75) is 18.7 Å². The number of esters is 1. The molecule has 0 spiro atoms. The third-order valence-corrected chi connectivity index (χ3v) is 5.24. The minimum atomic E-state index is -3.38. The smallest absolute Gasteiger partial charge is 0.337 e. The van der Waals surface area contributed by atoms with Crippen LogP contribution < -0.4 is 5.32 Å². The summed E-state index contributed by atoms with van der Waals surface area (Å²) >= 11 is 0. The summed E-state index contributed by atoms with van der Waals surface area (Å²) in [6, 6.07) is 6.69. The van der Waals surface area contributed by atoms with Crippen LogP contribution in [0.2, 0.25) is 0 Å². The zero-order chi connectivity index (χ0) is 15.5. The van der Waals surface area contributed by atoms with E-state index in [1.165, 1.54) is 11.4 Å². The van der Waals surface area contributed by atoms with Gasteiger partial charge in [-0.15, -0.1) is 0 Å². The minimum absolute atomic E-state index is 0.107. The summed E-state index contributed by atoms with van der Waals surface area (Å²) in [5.74, 6) is -0.574. The molecule has 0 aliphatic carbocycles. The molecule has 21 heavy (non-hydrogen) atoms. The molecule has 1 N–H and O–H groups in total.